The van der Waals surface area contributed by atoms with E-state index < -0.39 is 17.7 Å². The first-order valence-corrected chi connectivity index (χ1v) is 11.6. The average molecular weight is 456 g/mol. The van der Waals surface area contributed by atoms with Crippen LogP contribution in [0.5, 0.6) is 0 Å². The maximum Gasteiger partial charge on any atom is 0.295 e. The van der Waals surface area contributed by atoms with Crippen LogP contribution in [0.1, 0.15) is 53.4 Å². The lowest BCUT2D eigenvalue weighted by atomic mass is 9.94. The topological polar surface area (TPSA) is 76.6 Å². The van der Waals surface area contributed by atoms with Crippen molar-refractivity contribution in [3.05, 3.63) is 62.9 Å². The van der Waals surface area contributed by atoms with E-state index in [9.17, 15) is 14.7 Å². The number of likely N-dealkylation sites (tertiary alicyclic amines) is 2. The molecule has 7 heteroatoms. The molecule has 32 heavy (non-hydrogen) atoms. The van der Waals surface area contributed by atoms with Crippen molar-refractivity contribution in [1.29, 1.82) is 0 Å². The van der Waals surface area contributed by atoms with Crippen LogP contribution in [0.4, 0.5) is 0 Å². The van der Waals surface area contributed by atoms with E-state index in [-0.39, 0.29) is 11.3 Å². The standard InChI is InChI=1S/C25H30ClN3O3/c1-15-16(2)27-17(3)20(15)23(30)21-22(18-7-9-19(26)10-8-18)29(25(32)24(21)31)14-13-28-11-5-4-6-12-28/h7-10,22,27,30H,4-6,11-14H2,1-3H3/b23-21+. The zero-order valence-corrected chi connectivity index (χ0v) is 19.6. The van der Waals surface area contributed by atoms with E-state index in [2.05, 4.69) is 9.88 Å². The number of hydrogen-bond donors (Lipinski definition) is 2. The maximum atomic E-state index is 13.2. The molecule has 1 amide bonds. The Morgan fingerprint density at radius 3 is 2.28 bits per heavy atom. The average Bonchev–Trinajstić information content (AvgIpc) is 3.18. The van der Waals surface area contributed by atoms with Gasteiger partial charge in [-0.3, -0.25) is 9.59 Å². The van der Waals surface area contributed by atoms with Gasteiger partial charge in [0.2, 0.25) is 0 Å². The molecule has 0 saturated carbocycles. The van der Waals surface area contributed by atoms with Crippen molar-refractivity contribution in [1.82, 2.24) is 14.8 Å². The first-order valence-electron chi connectivity index (χ1n) is 11.2. The minimum Gasteiger partial charge on any atom is -0.507 e. The molecule has 1 atom stereocenters. The predicted molar refractivity (Wildman–Crippen MR) is 126 cm³/mol. The SMILES string of the molecule is Cc1[nH]c(C)c(/C(O)=C2\C(=O)C(=O)N(CCN3CCCCC3)C2c2ccc(Cl)cc2)c1C. The van der Waals surface area contributed by atoms with Gasteiger partial charge in [0.15, 0.2) is 0 Å². The number of nitrogens with one attached hydrogen (secondary N) is 1. The summed E-state index contributed by atoms with van der Waals surface area (Å²) >= 11 is 6.09. The molecule has 0 aliphatic carbocycles. The van der Waals surface area contributed by atoms with Crippen LogP contribution in [0.2, 0.25) is 5.02 Å². The predicted octanol–water partition coefficient (Wildman–Crippen LogP) is 4.50. The van der Waals surface area contributed by atoms with Gasteiger partial charge in [-0.1, -0.05) is 30.2 Å². The number of aliphatic hydroxyl groups excluding tert-OH is 1. The number of carbonyl (C=O) groups is 2. The number of ketones is 1. The molecule has 2 saturated heterocycles. The van der Waals surface area contributed by atoms with Crippen molar-refractivity contribution >= 4 is 29.1 Å². The van der Waals surface area contributed by atoms with E-state index in [0.717, 1.165) is 48.4 Å². The number of hydrogen-bond acceptors (Lipinski definition) is 4. The highest BCUT2D eigenvalue weighted by Gasteiger charge is 2.46. The molecule has 3 heterocycles. The molecule has 2 aromatic rings. The van der Waals surface area contributed by atoms with Crippen LogP contribution in [-0.4, -0.2) is 57.8 Å². The highest BCUT2D eigenvalue weighted by atomic mass is 35.5. The third-order valence-corrected chi connectivity index (χ3v) is 7.01. The molecular weight excluding hydrogens is 426 g/mol. The molecule has 1 unspecified atom stereocenters. The molecular formula is C25H30ClN3O3. The smallest absolute Gasteiger partial charge is 0.295 e. The summed E-state index contributed by atoms with van der Waals surface area (Å²) in [4.78, 5) is 33.5. The number of nitrogens with zero attached hydrogens (tertiary/aromatic N) is 2. The van der Waals surface area contributed by atoms with Gasteiger partial charge in [-0.15, -0.1) is 0 Å². The van der Waals surface area contributed by atoms with Crippen LogP contribution in [0.25, 0.3) is 5.76 Å². The van der Waals surface area contributed by atoms with Crippen molar-refractivity contribution in [2.75, 3.05) is 26.2 Å². The van der Waals surface area contributed by atoms with Crippen LogP contribution in [-0.2, 0) is 9.59 Å². The van der Waals surface area contributed by atoms with Crippen molar-refractivity contribution < 1.29 is 14.7 Å². The third-order valence-electron chi connectivity index (χ3n) is 6.76. The summed E-state index contributed by atoms with van der Waals surface area (Å²) in [6.07, 6.45) is 3.55. The number of piperidine rings is 1. The Bertz CT molecular complexity index is 1060. The Kier molecular flexibility index (Phi) is 6.45. The lowest BCUT2D eigenvalue weighted by Crippen LogP contribution is -2.39. The fourth-order valence-electron chi connectivity index (χ4n) is 4.93. The molecule has 1 aromatic heterocycles. The highest BCUT2D eigenvalue weighted by molar-refractivity contribution is 6.46. The number of aromatic nitrogens is 1. The zero-order valence-electron chi connectivity index (χ0n) is 18.9. The van der Waals surface area contributed by atoms with Gasteiger partial charge in [0.25, 0.3) is 11.7 Å². The van der Waals surface area contributed by atoms with Gasteiger partial charge in [-0.2, -0.15) is 0 Å². The largest absolute Gasteiger partial charge is 0.507 e. The Morgan fingerprint density at radius 2 is 1.69 bits per heavy atom. The number of benzene rings is 1. The molecule has 2 aliphatic heterocycles. The van der Waals surface area contributed by atoms with Gasteiger partial charge in [0.05, 0.1) is 11.6 Å². The summed E-state index contributed by atoms with van der Waals surface area (Å²) in [5.74, 6) is -1.33. The molecule has 0 bridgehead atoms. The van der Waals surface area contributed by atoms with E-state index in [1.165, 1.54) is 6.42 Å². The van der Waals surface area contributed by atoms with Gasteiger partial charge in [-0.25, -0.2) is 0 Å². The molecule has 170 valence electrons. The maximum absolute atomic E-state index is 13.2. The van der Waals surface area contributed by atoms with E-state index in [1.54, 1.807) is 17.0 Å². The molecule has 0 spiro atoms. The second-order valence-electron chi connectivity index (χ2n) is 8.82. The number of aromatic amines is 1. The quantitative estimate of drug-likeness (QED) is 0.395. The van der Waals surface area contributed by atoms with Gasteiger partial charge >= 0.3 is 0 Å². The summed E-state index contributed by atoms with van der Waals surface area (Å²) in [6, 6.07) is 6.49. The van der Waals surface area contributed by atoms with Crippen LogP contribution >= 0.6 is 11.6 Å². The van der Waals surface area contributed by atoms with Crippen molar-refractivity contribution in [3.8, 4) is 0 Å². The van der Waals surface area contributed by atoms with E-state index in [0.29, 0.717) is 23.7 Å². The van der Waals surface area contributed by atoms with Crippen LogP contribution < -0.4 is 0 Å². The minimum absolute atomic E-state index is 0.122. The summed E-state index contributed by atoms with van der Waals surface area (Å²) in [7, 11) is 0. The molecule has 2 aliphatic rings. The monoisotopic (exact) mass is 455 g/mol. The van der Waals surface area contributed by atoms with Gasteiger partial charge in [0, 0.05) is 35.1 Å². The van der Waals surface area contributed by atoms with Crippen LogP contribution in [0.3, 0.4) is 0 Å². The fraction of sp³-hybridized carbons (Fsp3) is 0.440. The fourth-order valence-corrected chi connectivity index (χ4v) is 5.06. The van der Waals surface area contributed by atoms with Gasteiger partial charge in [0.1, 0.15) is 5.76 Å². The summed E-state index contributed by atoms with van der Waals surface area (Å²) in [5.41, 5.74) is 4.06. The van der Waals surface area contributed by atoms with Crippen LogP contribution in [0, 0.1) is 20.8 Å². The van der Waals surface area contributed by atoms with E-state index in [1.807, 2.05) is 32.9 Å². The second-order valence-corrected chi connectivity index (χ2v) is 9.26. The second kappa shape index (κ2) is 9.12. The number of aryl methyl sites for hydroxylation is 2. The summed E-state index contributed by atoms with van der Waals surface area (Å²) in [6.45, 7) is 8.84. The molecule has 4 rings (SSSR count). The Labute approximate surface area is 193 Å². The molecule has 0 radical (unpaired) electrons. The Balaban J connectivity index is 1.77. The third kappa shape index (κ3) is 4.09. The first-order chi connectivity index (χ1) is 15.3. The lowest BCUT2D eigenvalue weighted by molar-refractivity contribution is -0.140. The normalized spacial score (nSPS) is 21.5. The molecule has 2 fully saturated rings. The number of H-pyrrole nitrogens is 1. The number of carbonyl (C=O) groups excluding carboxylic acids is 2. The number of halogens is 1. The first kappa shape index (κ1) is 22.6. The number of amides is 1. The molecule has 1 aromatic carbocycles. The molecule has 2 N–H and O–H groups in total. The summed E-state index contributed by atoms with van der Waals surface area (Å²) in [5, 5.41) is 11.9. The number of aliphatic hydroxyl groups is 1. The van der Waals surface area contributed by atoms with E-state index in [4.69, 9.17) is 11.6 Å². The van der Waals surface area contributed by atoms with Gasteiger partial charge < -0.3 is 19.9 Å². The van der Waals surface area contributed by atoms with E-state index >= 15 is 0 Å². The lowest BCUT2D eigenvalue weighted by Gasteiger charge is -2.31. The molecule has 6 nitrogen and oxygen atoms in total. The van der Waals surface area contributed by atoms with Gasteiger partial charge in [-0.05, 0) is 70.0 Å². The zero-order chi connectivity index (χ0) is 23.0. The summed E-state index contributed by atoms with van der Waals surface area (Å²) < 4.78 is 0. The van der Waals surface area contributed by atoms with Crippen molar-refractivity contribution in [2.24, 2.45) is 0 Å². The van der Waals surface area contributed by atoms with Crippen molar-refractivity contribution in [2.45, 2.75) is 46.1 Å². The number of rotatable bonds is 5. The number of Topliss-reactive ketones (excluding diaryl/α,β-unsaturated/α-hetero) is 1. The Morgan fingerprint density at radius 1 is 1.03 bits per heavy atom. The van der Waals surface area contributed by atoms with Crippen LogP contribution in [0.15, 0.2) is 29.8 Å². The highest BCUT2D eigenvalue weighted by Crippen LogP contribution is 2.41. The minimum atomic E-state index is -0.647. The Hall–Kier alpha value is -2.57. The van der Waals surface area contributed by atoms with Crippen molar-refractivity contribution in [3.63, 3.8) is 0 Å².